The van der Waals surface area contributed by atoms with E-state index in [1.54, 1.807) is 0 Å². The van der Waals surface area contributed by atoms with Crippen molar-refractivity contribution in [2.24, 2.45) is 0 Å². The van der Waals surface area contributed by atoms with Gasteiger partial charge in [-0.05, 0) is 65.3 Å². The van der Waals surface area contributed by atoms with Crippen LogP contribution in [0.1, 0.15) is 51.4 Å². The molecule has 3 heteroatoms. The minimum atomic E-state index is 0.823. The molecule has 1 N–H and O–H groups in total. The van der Waals surface area contributed by atoms with Crippen molar-refractivity contribution in [3.8, 4) is 0 Å². The fourth-order valence-corrected chi connectivity index (χ4v) is 3.39. The van der Waals surface area contributed by atoms with E-state index in [0.717, 1.165) is 6.04 Å². The quantitative estimate of drug-likeness (QED) is 0.681. The van der Waals surface area contributed by atoms with Crippen LogP contribution >= 0.6 is 0 Å². The summed E-state index contributed by atoms with van der Waals surface area (Å²) in [4.78, 5) is 5.11. The Morgan fingerprint density at radius 2 is 1.74 bits per heavy atom. The average Bonchev–Trinajstić information content (AvgIpc) is 2.96. The van der Waals surface area contributed by atoms with Crippen LogP contribution < -0.4 is 5.32 Å². The molecule has 0 bridgehead atoms. The Bertz CT molecular complexity index is 220. The molecule has 0 aromatic heterocycles. The Labute approximate surface area is 119 Å². The van der Waals surface area contributed by atoms with E-state index in [4.69, 9.17) is 0 Å². The van der Waals surface area contributed by atoms with Crippen molar-refractivity contribution in [1.29, 1.82) is 0 Å². The SMILES string of the molecule is CN(CCCNC1CCCCC1)CCN1CCCC1. The first kappa shape index (κ1) is 15.3. The summed E-state index contributed by atoms with van der Waals surface area (Å²) in [5.74, 6) is 0. The van der Waals surface area contributed by atoms with E-state index in [0.29, 0.717) is 0 Å². The first-order chi connectivity index (χ1) is 9.34. The lowest BCUT2D eigenvalue weighted by atomic mass is 9.95. The minimum absolute atomic E-state index is 0.823. The van der Waals surface area contributed by atoms with Crippen LogP contribution in [0.3, 0.4) is 0 Å². The van der Waals surface area contributed by atoms with Crippen molar-refractivity contribution in [3.63, 3.8) is 0 Å². The van der Waals surface area contributed by atoms with Gasteiger partial charge in [-0.2, -0.15) is 0 Å². The molecule has 0 unspecified atom stereocenters. The lowest BCUT2D eigenvalue weighted by molar-refractivity contribution is 0.252. The van der Waals surface area contributed by atoms with Gasteiger partial charge in [-0.3, -0.25) is 0 Å². The second-order valence-electron chi connectivity index (χ2n) is 6.49. The number of nitrogens with one attached hydrogen (secondary N) is 1. The lowest BCUT2D eigenvalue weighted by Gasteiger charge is -2.24. The molecule has 112 valence electrons. The zero-order valence-corrected chi connectivity index (χ0v) is 12.9. The van der Waals surface area contributed by atoms with Gasteiger partial charge in [0.05, 0.1) is 0 Å². The van der Waals surface area contributed by atoms with Gasteiger partial charge in [-0.1, -0.05) is 19.3 Å². The van der Waals surface area contributed by atoms with Gasteiger partial charge in [0.25, 0.3) is 0 Å². The van der Waals surface area contributed by atoms with Crippen LogP contribution in [-0.2, 0) is 0 Å². The molecule has 1 aliphatic heterocycles. The van der Waals surface area contributed by atoms with Crippen LogP contribution in [0.25, 0.3) is 0 Å². The number of likely N-dealkylation sites (N-methyl/N-ethyl adjacent to an activating group) is 1. The molecule has 1 saturated carbocycles. The third kappa shape index (κ3) is 6.24. The first-order valence-electron chi connectivity index (χ1n) is 8.49. The van der Waals surface area contributed by atoms with Gasteiger partial charge >= 0.3 is 0 Å². The summed E-state index contributed by atoms with van der Waals surface area (Å²) in [6, 6.07) is 0.823. The van der Waals surface area contributed by atoms with E-state index < -0.39 is 0 Å². The maximum atomic E-state index is 3.74. The molecule has 2 fully saturated rings. The number of nitrogens with zero attached hydrogens (tertiary/aromatic N) is 2. The van der Waals surface area contributed by atoms with Crippen molar-refractivity contribution >= 4 is 0 Å². The van der Waals surface area contributed by atoms with Gasteiger partial charge in [0.15, 0.2) is 0 Å². The first-order valence-corrected chi connectivity index (χ1v) is 8.49. The molecule has 2 aliphatic rings. The van der Waals surface area contributed by atoms with Crippen molar-refractivity contribution in [1.82, 2.24) is 15.1 Å². The highest BCUT2D eigenvalue weighted by molar-refractivity contribution is 4.72. The van der Waals surface area contributed by atoms with E-state index in [-0.39, 0.29) is 0 Å². The molecule has 1 heterocycles. The Hall–Kier alpha value is -0.120. The maximum Gasteiger partial charge on any atom is 0.0109 e. The molecule has 2 rings (SSSR count). The van der Waals surface area contributed by atoms with Crippen molar-refractivity contribution in [2.45, 2.75) is 57.4 Å². The Kier molecular flexibility index (Phi) is 7.18. The number of rotatable bonds is 8. The number of hydrogen-bond donors (Lipinski definition) is 1. The molecule has 0 radical (unpaired) electrons. The summed E-state index contributed by atoms with van der Waals surface area (Å²) in [6.45, 7) is 7.62. The second kappa shape index (κ2) is 8.93. The standard InChI is InChI=1S/C16H33N3/c1-18(14-15-19-12-5-6-13-19)11-7-10-17-16-8-3-2-4-9-16/h16-17H,2-15H2,1H3. The summed E-state index contributed by atoms with van der Waals surface area (Å²) in [7, 11) is 2.27. The Morgan fingerprint density at radius 1 is 1.00 bits per heavy atom. The average molecular weight is 267 g/mol. The van der Waals surface area contributed by atoms with Crippen LogP contribution in [0.5, 0.6) is 0 Å². The molecule has 0 atom stereocenters. The van der Waals surface area contributed by atoms with E-state index in [1.165, 1.54) is 90.6 Å². The van der Waals surface area contributed by atoms with Gasteiger partial charge in [0.1, 0.15) is 0 Å². The molecule has 0 aromatic carbocycles. The van der Waals surface area contributed by atoms with Crippen molar-refractivity contribution in [2.75, 3.05) is 46.3 Å². The summed E-state index contributed by atoms with van der Waals surface area (Å²) in [6.07, 6.45) is 11.3. The molecule has 0 aromatic rings. The van der Waals surface area contributed by atoms with Gasteiger partial charge in [-0.25, -0.2) is 0 Å². The molecule has 3 nitrogen and oxygen atoms in total. The fourth-order valence-electron chi connectivity index (χ4n) is 3.39. The number of hydrogen-bond acceptors (Lipinski definition) is 3. The highest BCUT2D eigenvalue weighted by atomic mass is 15.2. The second-order valence-corrected chi connectivity index (χ2v) is 6.49. The Balaban J connectivity index is 1.43. The van der Waals surface area contributed by atoms with Crippen LogP contribution in [0.4, 0.5) is 0 Å². The van der Waals surface area contributed by atoms with Crippen LogP contribution in [0, 0.1) is 0 Å². The van der Waals surface area contributed by atoms with E-state index in [9.17, 15) is 0 Å². The zero-order valence-electron chi connectivity index (χ0n) is 12.9. The van der Waals surface area contributed by atoms with Crippen LogP contribution in [0.2, 0.25) is 0 Å². The third-order valence-corrected chi connectivity index (χ3v) is 4.75. The smallest absolute Gasteiger partial charge is 0.0109 e. The van der Waals surface area contributed by atoms with Crippen LogP contribution in [-0.4, -0.2) is 62.2 Å². The summed E-state index contributed by atoms with van der Waals surface area (Å²) in [5, 5.41) is 3.74. The molecule has 1 saturated heterocycles. The summed E-state index contributed by atoms with van der Waals surface area (Å²) < 4.78 is 0. The van der Waals surface area contributed by atoms with Crippen molar-refractivity contribution < 1.29 is 0 Å². The normalized spacial score (nSPS) is 22.4. The monoisotopic (exact) mass is 267 g/mol. The third-order valence-electron chi connectivity index (χ3n) is 4.75. The lowest BCUT2D eigenvalue weighted by Crippen LogP contribution is -2.35. The summed E-state index contributed by atoms with van der Waals surface area (Å²) in [5.41, 5.74) is 0. The topological polar surface area (TPSA) is 18.5 Å². The minimum Gasteiger partial charge on any atom is -0.314 e. The fraction of sp³-hybridized carbons (Fsp3) is 1.00. The van der Waals surface area contributed by atoms with Gasteiger partial charge in [0.2, 0.25) is 0 Å². The largest absolute Gasteiger partial charge is 0.314 e. The van der Waals surface area contributed by atoms with Gasteiger partial charge in [-0.15, -0.1) is 0 Å². The van der Waals surface area contributed by atoms with Crippen LogP contribution in [0.15, 0.2) is 0 Å². The highest BCUT2D eigenvalue weighted by Crippen LogP contribution is 2.17. The molecule has 1 aliphatic carbocycles. The predicted octanol–water partition coefficient (Wildman–Crippen LogP) is 2.33. The van der Waals surface area contributed by atoms with E-state index in [1.807, 2.05) is 0 Å². The number of likely N-dealkylation sites (tertiary alicyclic amines) is 1. The van der Waals surface area contributed by atoms with E-state index in [2.05, 4.69) is 22.2 Å². The molecule has 19 heavy (non-hydrogen) atoms. The molecular formula is C16H33N3. The van der Waals surface area contributed by atoms with E-state index >= 15 is 0 Å². The highest BCUT2D eigenvalue weighted by Gasteiger charge is 2.13. The molecular weight excluding hydrogens is 234 g/mol. The zero-order chi connectivity index (χ0) is 13.3. The predicted molar refractivity (Wildman–Crippen MR) is 82.7 cm³/mol. The summed E-state index contributed by atoms with van der Waals surface area (Å²) >= 11 is 0. The maximum absolute atomic E-state index is 3.74. The Morgan fingerprint density at radius 3 is 2.47 bits per heavy atom. The van der Waals surface area contributed by atoms with Gasteiger partial charge < -0.3 is 15.1 Å². The van der Waals surface area contributed by atoms with Gasteiger partial charge in [0, 0.05) is 19.1 Å². The molecule has 0 spiro atoms. The molecule has 0 amide bonds. The van der Waals surface area contributed by atoms with Crippen molar-refractivity contribution in [3.05, 3.63) is 0 Å².